The number of hydrogen-bond acceptors (Lipinski definition) is 8. The van der Waals surface area contributed by atoms with Crippen molar-refractivity contribution in [2.45, 2.75) is 50.6 Å². The Bertz CT molecular complexity index is 1920. The number of phenols is 1. The molecule has 1 saturated heterocycles. The lowest BCUT2D eigenvalue weighted by Gasteiger charge is -2.43. The highest BCUT2D eigenvalue weighted by atomic mass is 16.5. The van der Waals surface area contributed by atoms with E-state index in [1.807, 2.05) is 36.4 Å². The van der Waals surface area contributed by atoms with Gasteiger partial charge in [-0.2, -0.15) is 0 Å². The fourth-order valence-corrected chi connectivity index (χ4v) is 6.92. The van der Waals surface area contributed by atoms with E-state index in [9.17, 15) is 29.4 Å². The summed E-state index contributed by atoms with van der Waals surface area (Å²) in [6.07, 6.45) is 0.843. The molecular weight excluding hydrogens is 602 g/mol. The Morgan fingerprint density at radius 3 is 2.55 bits per heavy atom. The van der Waals surface area contributed by atoms with E-state index in [0.717, 1.165) is 23.7 Å². The molecule has 3 N–H and O–H groups in total. The Hall–Kier alpha value is -5.32. The topological polar surface area (TPSA) is 151 Å². The van der Waals surface area contributed by atoms with Gasteiger partial charge in [-0.1, -0.05) is 42.5 Å². The summed E-state index contributed by atoms with van der Waals surface area (Å²) in [5, 5.41) is 23.9. The van der Waals surface area contributed by atoms with Crippen LogP contribution in [0.3, 0.4) is 0 Å². The molecule has 0 aliphatic carbocycles. The van der Waals surface area contributed by atoms with Gasteiger partial charge in [0.15, 0.2) is 17.3 Å². The quantitative estimate of drug-likeness (QED) is 0.252. The van der Waals surface area contributed by atoms with E-state index >= 15 is 0 Å². The van der Waals surface area contributed by atoms with Crippen LogP contribution in [0, 0.1) is 12.8 Å². The van der Waals surface area contributed by atoms with Crippen LogP contribution in [-0.2, 0) is 22.6 Å². The average molecular weight is 640 g/mol. The Labute approximate surface area is 271 Å². The van der Waals surface area contributed by atoms with E-state index < -0.39 is 29.0 Å². The predicted octanol–water partition coefficient (Wildman–Crippen LogP) is 3.43. The maximum Gasteiger partial charge on any atom is 0.250 e. The van der Waals surface area contributed by atoms with Gasteiger partial charge in [-0.05, 0) is 48.6 Å². The van der Waals surface area contributed by atoms with E-state index in [1.54, 1.807) is 34.6 Å². The summed E-state index contributed by atoms with van der Waals surface area (Å²) < 4.78 is 12.9. The number of pyridine rings is 1. The number of aromatic hydroxyl groups is 2. The summed E-state index contributed by atoms with van der Waals surface area (Å²) in [6.45, 7) is 3.00. The lowest BCUT2D eigenvalue weighted by molar-refractivity contribution is -0.138. The van der Waals surface area contributed by atoms with Crippen molar-refractivity contribution < 1.29 is 29.0 Å². The van der Waals surface area contributed by atoms with Crippen LogP contribution >= 0.6 is 0 Å². The molecule has 0 spiro atoms. The number of methoxy groups -OCH3 is 1. The minimum atomic E-state index is -0.950. The van der Waals surface area contributed by atoms with Crippen LogP contribution in [0.4, 0.5) is 0 Å². The van der Waals surface area contributed by atoms with Gasteiger partial charge in [-0.3, -0.25) is 19.2 Å². The second-order valence-electron chi connectivity index (χ2n) is 12.4. The van der Waals surface area contributed by atoms with Crippen molar-refractivity contribution in [3.63, 3.8) is 0 Å². The number of amides is 2. The third-order valence-electron chi connectivity index (χ3n) is 9.09. The van der Waals surface area contributed by atoms with Gasteiger partial charge >= 0.3 is 0 Å². The zero-order chi connectivity index (χ0) is 33.2. The summed E-state index contributed by atoms with van der Waals surface area (Å²) in [7, 11) is 1.39. The molecule has 4 aromatic rings. The number of ether oxygens (including phenoxy) is 1. The molecule has 3 unspecified atom stereocenters. The highest BCUT2D eigenvalue weighted by Gasteiger charge is 2.39. The molecule has 1 fully saturated rings. The molecule has 4 heterocycles. The number of likely N-dealkylation sites (tertiary alicyclic amines) is 1. The number of fused-ring (bicyclic) bond motifs is 4. The number of aromatic nitrogens is 1. The van der Waals surface area contributed by atoms with Crippen molar-refractivity contribution in [3.8, 4) is 17.2 Å². The lowest BCUT2D eigenvalue weighted by atomic mass is 9.82. The van der Waals surface area contributed by atoms with Crippen molar-refractivity contribution in [1.82, 2.24) is 14.8 Å². The molecule has 2 bridgehead atoms. The zero-order valence-corrected chi connectivity index (χ0v) is 26.2. The number of benzene rings is 2. The van der Waals surface area contributed by atoms with Gasteiger partial charge in [-0.15, -0.1) is 0 Å². The van der Waals surface area contributed by atoms with Crippen LogP contribution in [0.5, 0.6) is 17.2 Å². The first kappa shape index (κ1) is 31.7. The number of hydrogen-bond donors (Lipinski definition) is 3. The van der Waals surface area contributed by atoms with E-state index in [4.69, 9.17) is 9.15 Å². The molecule has 0 saturated carbocycles. The van der Waals surface area contributed by atoms with Crippen LogP contribution in [0.1, 0.15) is 53.0 Å². The molecule has 11 heteroatoms. The largest absolute Gasteiger partial charge is 0.504 e. The molecule has 244 valence electrons. The zero-order valence-electron chi connectivity index (χ0n) is 26.2. The summed E-state index contributed by atoms with van der Waals surface area (Å²) in [5.74, 6) is -2.04. The molecule has 11 nitrogen and oxygen atoms in total. The number of phenolic OH excluding ortho intramolecular Hbond substituents is 1. The van der Waals surface area contributed by atoms with Crippen LogP contribution < -0.4 is 21.0 Å². The maximum atomic E-state index is 14.2. The van der Waals surface area contributed by atoms with Crippen molar-refractivity contribution in [2.24, 2.45) is 5.92 Å². The molecular formula is C36H37N3O8. The second-order valence-corrected chi connectivity index (χ2v) is 12.4. The molecule has 47 heavy (non-hydrogen) atoms. The highest BCUT2D eigenvalue weighted by Crippen LogP contribution is 2.38. The Morgan fingerprint density at radius 1 is 1.00 bits per heavy atom. The summed E-state index contributed by atoms with van der Waals surface area (Å²) in [5.41, 5.74) is 1.53. The first-order valence-corrected chi connectivity index (χ1v) is 15.6. The van der Waals surface area contributed by atoms with E-state index in [2.05, 4.69) is 5.32 Å². The van der Waals surface area contributed by atoms with E-state index in [1.165, 1.54) is 19.2 Å². The van der Waals surface area contributed by atoms with Gasteiger partial charge in [0.2, 0.25) is 23.0 Å². The van der Waals surface area contributed by atoms with Gasteiger partial charge in [-0.25, -0.2) is 0 Å². The van der Waals surface area contributed by atoms with Gasteiger partial charge in [0.25, 0.3) is 5.56 Å². The number of carbonyl (C=O) groups is 2. The summed E-state index contributed by atoms with van der Waals surface area (Å²) in [6, 6.07) is 19.4. The van der Waals surface area contributed by atoms with Crippen molar-refractivity contribution in [3.05, 3.63) is 122 Å². The van der Waals surface area contributed by atoms with E-state index in [0.29, 0.717) is 25.2 Å². The molecule has 2 amide bonds. The smallest absolute Gasteiger partial charge is 0.250 e. The van der Waals surface area contributed by atoms with Gasteiger partial charge < -0.3 is 34.2 Å². The molecule has 6 rings (SSSR count). The summed E-state index contributed by atoms with van der Waals surface area (Å²) >= 11 is 0. The highest BCUT2D eigenvalue weighted by molar-refractivity contribution is 5.88. The van der Waals surface area contributed by atoms with Crippen LogP contribution in [0.2, 0.25) is 0 Å². The molecule has 2 aliphatic heterocycles. The number of piperidine rings is 1. The third kappa shape index (κ3) is 6.65. The predicted molar refractivity (Wildman–Crippen MR) is 173 cm³/mol. The summed E-state index contributed by atoms with van der Waals surface area (Å²) in [4.78, 5) is 55.0. The van der Waals surface area contributed by atoms with Crippen LogP contribution in [-0.4, -0.2) is 57.7 Å². The Morgan fingerprint density at radius 2 is 1.79 bits per heavy atom. The van der Waals surface area contributed by atoms with E-state index in [-0.39, 0.29) is 59.2 Å². The van der Waals surface area contributed by atoms with Crippen LogP contribution in [0.25, 0.3) is 0 Å². The fourth-order valence-electron chi connectivity index (χ4n) is 6.92. The van der Waals surface area contributed by atoms with Crippen LogP contribution in [0.15, 0.2) is 86.8 Å². The number of carbonyl (C=O) groups excluding carboxylic acids is 2. The Kier molecular flexibility index (Phi) is 8.88. The minimum absolute atomic E-state index is 0.00878. The van der Waals surface area contributed by atoms with Gasteiger partial charge in [0.05, 0.1) is 13.0 Å². The normalized spacial score (nSPS) is 18.1. The fraction of sp³-hybridized carbons (Fsp3) is 0.333. The minimum Gasteiger partial charge on any atom is -0.504 e. The molecule has 0 radical (unpaired) electrons. The van der Waals surface area contributed by atoms with Crippen molar-refractivity contribution in [2.75, 3.05) is 20.2 Å². The van der Waals surface area contributed by atoms with Gasteiger partial charge in [0, 0.05) is 56.2 Å². The maximum absolute atomic E-state index is 14.2. The molecule has 2 aromatic carbocycles. The average Bonchev–Trinajstić information content (AvgIpc) is 3.06. The molecule has 2 aliphatic rings. The van der Waals surface area contributed by atoms with Crippen molar-refractivity contribution in [1.29, 1.82) is 0 Å². The number of rotatable bonds is 9. The number of aryl methyl sites for hydroxylation is 1. The third-order valence-corrected chi connectivity index (χ3v) is 9.09. The number of nitrogens with one attached hydrogen (secondary N) is 1. The van der Waals surface area contributed by atoms with Crippen molar-refractivity contribution >= 4 is 11.8 Å². The second kappa shape index (κ2) is 13.2. The number of nitrogens with zero attached hydrogens (tertiary/aromatic N) is 2. The SMILES string of the molecule is COc1cc(C(CC(=O)N[C@@H](Cc2ccccc2)C(=O)N2CC3CC(C2)c2cccc(=O)n2C3)c2oc(C)cc(=O)c2O)ccc1O. The standard InChI is InChI=1S/C36H37N3O8/c1-21-13-30(41)34(44)35(47-21)26(24-11-12-29(40)31(16-24)46-2)17-32(42)37-27(15-22-7-4-3-5-8-22)36(45)38-18-23-14-25(20-38)28-9-6-10-33(43)39(28)19-23/h3-13,16,23,25-27,40,44H,14-15,17-20H2,1-2H3,(H,37,42)/t23?,25?,26?,27-/m0/s1. The first-order valence-electron chi connectivity index (χ1n) is 15.6. The Balaban J connectivity index is 1.29. The molecule has 4 atom stereocenters. The van der Waals surface area contributed by atoms with Gasteiger partial charge in [0.1, 0.15) is 11.8 Å². The monoisotopic (exact) mass is 639 g/mol. The first-order chi connectivity index (χ1) is 22.6. The molecule has 2 aromatic heterocycles. The lowest BCUT2D eigenvalue weighted by Crippen LogP contribution is -2.55.